The number of benzene rings is 1. The highest BCUT2D eigenvalue weighted by Crippen LogP contribution is 2.21. The average molecular weight is 450 g/mol. The third-order valence-corrected chi connectivity index (χ3v) is 6.23. The zero-order chi connectivity index (χ0) is 19.7. The number of nitrogens with zero attached hydrogens (tertiary/aromatic N) is 1. The molecule has 0 aliphatic carbocycles. The molecule has 1 unspecified atom stereocenters. The lowest BCUT2D eigenvalue weighted by Crippen LogP contribution is -2.42. The van der Waals surface area contributed by atoms with Crippen molar-refractivity contribution in [3.05, 3.63) is 28.2 Å². The molecular weight excluding hydrogens is 422 g/mol. The lowest BCUT2D eigenvalue weighted by molar-refractivity contribution is 0.0937. The molecule has 0 aromatic heterocycles. The summed E-state index contributed by atoms with van der Waals surface area (Å²) in [5.41, 5.74) is 0.284. The highest BCUT2D eigenvalue weighted by atomic mass is 79.9. The first-order valence-electron chi connectivity index (χ1n) is 8.57. The lowest BCUT2D eigenvalue weighted by atomic mass is 10.2. The van der Waals surface area contributed by atoms with Crippen molar-refractivity contribution in [3.8, 4) is 0 Å². The van der Waals surface area contributed by atoms with Crippen LogP contribution in [0.25, 0.3) is 0 Å². The van der Waals surface area contributed by atoms with Gasteiger partial charge in [0.05, 0.1) is 17.1 Å². The quantitative estimate of drug-likeness (QED) is 0.503. The minimum Gasteiger partial charge on any atom is -0.383 e. The Morgan fingerprint density at radius 2 is 1.96 bits per heavy atom. The predicted octanol–water partition coefficient (Wildman–Crippen LogP) is 1.83. The molecule has 1 aromatic carbocycles. The predicted molar refractivity (Wildman–Crippen MR) is 106 cm³/mol. The Morgan fingerprint density at radius 3 is 2.54 bits per heavy atom. The van der Waals surface area contributed by atoms with Crippen LogP contribution in [0.15, 0.2) is 27.6 Å². The van der Waals surface area contributed by atoms with Crippen molar-refractivity contribution >= 4 is 31.9 Å². The van der Waals surface area contributed by atoms with Crippen molar-refractivity contribution in [2.24, 2.45) is 0 Å². The van der Waals surface area contributed by atoms with Gasteiger partial charge in [-0.05, 0) is 54.1 Å². The maximum absolute atomic E-state index is 12.5. The molecule has 0 aliphatic rings. The maximum atomic E-state index is 12.5. The second kappa shape index (κ2) is 11.0. The molecule has 0 bridgehead atoms. The summed E-state index contributed by atoms with van der Waals surface area (Å²) >= 11 is 3.32. The minimum absolute atomic E-state index is 0.0405. The zero-order valence-electron chi connectivity index (χ0n) is 15.7. The van der Waals surface area contributed by atoms with Crippen molar-refractivity contribution in [1.82, 2.24) is 14.9 Å². The van der Waals surface area contributed by atoms with Crippen molar-refractivity contribution < 1.29 is 17.9 Å². The number of carbonyl (C=O) groups excluding carboxylic acids is 1. The number of rotatable bonds is 11. The Hall–Kier alpha value is -1.00. The van der Waals surface area contributed by atoms with Gasteiger partial charge in [0, 0.05) is 30.7 Å². The van der Waals surface area contributed by atoms with Crippen molar-refractivity contribution in [3.63, 3.8) is 0 Å². The van der Waals surface area contributed by atoms with E-state index in [1.807, 2.05) is 6.92 Å². The largest absolute Gasteiger partial charge is 0.383 e. The summed E-state index contributed by atoms with van der Waals surface area (Å²) in [5, 5.41) is 2.87. The van der Waals surface area contributed by atoms with Crippen LogP contribution in [0.4, 0.5) is 0 Å². The standard InChI is InChI=1S/C17H28BrN3O4S/c1-5-21(6-2)13(3)12-19-17(22)15-11-14(7-8-16(15)18)26(23,24)20-9-10-25-4/h7-8,11,13,20H,5-6,9-10,12H2,1-4H3,(H,19,22). The third-order valence-electron chi connectivity index (χ3n) is 4.08. The molecule has 1 rings (SSSR count). The van der Waals surface area contributed by atoms with E-state index in [-0.39, 0.29) is 35.6 Å². The fourth-order valence-electron chi connectivity index (χ4n) is 2.52. The minimum atomic E-state index is -3.70. The number of likely N-dealkylation sites (N-methyl/N-ethyl adjacent to an activating group) is 1. The van der Waals surface area contributed by atoms with Crippen LogP contribution in [-0.4, -0.2) is 65.2 Å². The molecule has 0 saturated carbocycles. The van der Waals surface area contributed by atoms with E-state index in [0.29, 0.717) is 11.0 Å². The Bertz CT molecular complexity index is 693. The van der Waals surface area contributed by atoms with Crippen LogP contribution in [-0.2, 0) is 14.8 Å². The first-order chi connectivity index (χ1) is 12.3. The van der Waals surface area contributed by atoms with Gasteiger partial charge in [0.2, 0.25) is 10.0 Å². The van der Waals surface area contributed by atoms with Gasteiger partial charge in [-0.1, -0.05) is 13.8 Å². The molecule has 0 spiro atoms. The first kappa shape index (κ1) is 23.0. The number of carbonyl (C=O) groups is 1. The topological polar surface area (TPSA) is 87.7 Å². The molecule has 0 radical (unpaired) electrons. The summed E-state index contributed by atoms with van der Waals surface area (Å²) < 4.78 is 32.4. The first-order valence-corrected chi connectivity index (χ1v) is 10.8. The molecule has 0 saturated heterocycles. The molecular formula is C17H28BrN3O4S. The number of ether oxygens (including phenoxy) is 1. The van der Waals surface area contributed by atoms with E-state index in [9.17, 15) is 13.2 Å². The average Bonchev–Trinajstić information content (AvgIpc) is 2.61. The summed E-state index contributed by atoms with van der Waals surface area (Å²) in [5.74, 6) is -0.315. The fraction of sp³-hybridized carbons (Fsp3) is 0.588. The second-order valence-electron chi connectivity index (χ2n) is 5.81. The van der Waals surface area contributed by atoms with Gasteiger partial charge < -0.3 is 10.1 Å². The van der Waals surface area contributed by atoms with Crippen LogP contribution in [0.3, 0.4) is 0 Å². The van der Waals surface area contributed by atoms with Gasteiger partial charge >= 0.3 is 0 Å². The molecule has 1 atom stereocenters. The van der Waals surface area contributed by atoms with Gasteiger partial charge in [-0.2, -0.15) is 0 Å². The number of sulfonamides is 1. The van der Waals surface area contributed by atoms with Crippen LogP contribution < -0.4 is 10.0 Å². The number of hydrogen-bond acceptors (Lipinski definition) is 5. The maximum Gasteiger partial charge on any atom is 0.252 e. The smallest absolute Gasteiger partial charge is 0.252 e. The summed E-state index contributed by atoms with van der Waals surface area (Å²) in [6, 6.07) is 4.58. The van der Waals surface area contributed by atoms with E-state index < -0.39 is 10.0 Å². The lowest BCUT2D eigenvalue weighted by Gasteiger charge is -2.26. The number of halogens is 1. The Morgan fingerprint density at radius 1 is 1.31 bits per heavy atom. The molecule has 0 aliphatic heterocycles. The van der Waals surface area contributed by atoms with Crippen LogP contribution in [0, 0.1) is 0 Å². The molecule has 9 heteroatoms. The van der Waals surface area contributed by atoms with Crippen LogP contribution in [0.2, 0.25) is 0 Å². The van der Waals surface area contributed by atoms with E-state index in [4.69, 9.17) is 4.74 Å². The summed E-state index contributed by atoms with van der Waals surface area (Å²) in [4.78, 5) is 14.8. The molecule has 0 fully saturated rings. The molecule has 7 nitrogen and oxygen atoms in total. The van der Waals surface area contributed by atoms with Gasteiger partial charge in [-0.25, -0.2) is 13.1 Å². The Labute approximate surface area is 164 Å². The number of nitrogens with one attached hydrogen (secondary N) is 2. The summed E-state index contributed by atoms with van der Waals surface area (Å²) in [6.07, 6.45) is 0. The van der Waals surface area contributed by atoms with Gasteiger partial charge in [0.15, 0.2) is 0 Å². The summed E-state index contributed by atoms with van der Waals surface area (Å²) in [7, 11) is -2.20. The van der Waals surface area contributed by atoms with Gasteiger partial charge in [-0.3, -0.25) is 9.69 Å². The third kappa shape index (κ3) is 6.62. The van der Waals surface area contributed by atoms with Crippen molar-refractivity contribution in [2.75, 3.05) is 39.9 Å². The number of hydrogen-bond donors (Lipinski definition) is 2. The normalized spacial score (nSPS) is 13.0. The SMILES string of the molecule is CCN(CC)C(C)CNC(=O)c1cc(S(=O)(=O)NCCOC)ccc1Br. The van der Waals surface area contributed by atoms with Crippen molar-refractivity contribution in [2.45, 2.75) is 31.7 Å². The van der Waals surface area contributed by atoms with Gasteiger partial charge in [-0.15, -0.1) is 0 Å². The van der Waals surface area contributed by atoms with Crippen LogP contribution in [0.1, 0.15) is 31.1 Å². The molecule has 148 valence electrons. The molecule has 26 heavy (non-hydrogen) atoms. The van der Waals surface area contributed by atoms with Gasteiger partial charge in [0.25, 0.3) is 5.91 Å². The monoisotopic (exact) mass is 449 g/mol. The summed E-state index contributed by atoms with van der Waals surface area (Å²) in [6.45, 7) is 8.91. The molecule has 2 N–H and O–H groups in total. The zero-order valence-corrected chi connectivity index (χ0v) is 18.1. The number of amides is 1. The Balaban J connectivity index is 2.88. The molecule has 1 amide bonds. The molecule has 0 heterocycles. The van der Waals surface area contributed by atoms with Crippen LogP contribution in [0.5, 0.6) is 0 Å². The van der Waals surface area contributed by atoms with Gasteiger partial charge in [0.1, 0.15) is 0 Å². The van der Waals surface area contributed by atoms with Crippen LogP contribution >= 0.6 is 15.9 Å². The van der Waals surface area contributed by atoms with Crippen molar-refractivity contribution in [1.29, 1.82) is 0 Å². The highest BCUT2D eigenvalue weighted by Gasteiger charge is 2.19. The number of methoxy groups -OCH3 is 1. The Kier molecular flexibility index (Phi) is 9.73. The van der Waals surface area contributed by atoms with E-state index in [0.717, 1.165) is 13.1 Å². The fourth-order valence-corrected chi connectivity index (χ4v) is 3.98. The second-order valence-corrected chi connectivity index (χ2v) is 8.43. The van der Waals surface area contributed by atoms with E-state index in [1.165, 1.54) is 19.2 Å². The van der Waals surface area contributed by atoms with E-state index in [1.54, 1.807) is 6.07 Å². The highest BCUT2D eigenvalue weighted by molar-refractivity contribution is 9.10. The van der Waals surface area contributed by atoms with E-state index >= 15 is 0 Å². The van der Waals surface area contributed by atoms with E-state index in [2.05, 4.69) is 44.7 Å². The molecule has 1 aromatic rings.